The first-order chi connectivity index (χ1) is 15.4. The van der Waals surface area contributed by atoms with Crippen molar-refractivity contribution in [1.29, 1.82) is 0 Å². The molecule has 0 fully saturated rings. The summed E-state index contributed by atoms with van der Waals surface area (Å²) in [6, 6.07) is 18.1. The van der Waals surface area contributed by atoms with Gasteiger partial charge in [-0.25, -0.2) is 4.99 Å². The SMILES string of the molecule is COc1ccc(/C=C2/N=C(c3ccc(Cl)cc3)N(c3cc(Cl)ccc3C)C2=O)cc1OC. The summed E-state index contributed by atoms with van der Waals surface area (Å²) in [6.45, 7) is 1.93. The molecule has 0 bridgehead atoms. The summed E-state index contributed by atoms with van der Waals surface area (Å²) in [5.74, 6) is 1.42. The third kappa shape index (κ3) is 4.22. The maximum Gasteiger partial charge on any atom is 0.282 e. The molecule has 4 rings (SSSR count). The van der Waals surface area contributed by atoms with E-state index in [1.165, 1.54) is 0 Å². The molecule has 3 aromatic rings. The van der Waals surface area contributed by atoms with Crippen LogP contribution >= 0.6 is 23.2 Å². The second kappa shape index (κ2) is 9.07. The maximum atomic E-state index is 13.5. The number of carbonyl (C=O) groups is 1. The largest absolute Gasteiger partial charge is 0.493 e. The zero-order chi connectivity index (χ0) is 22.8. The van der Waals surface area contributed by atoms with Gasteiger partial charge in [0.15, 0.2) is 11.5 Å². The van der Waals surface area contributed by atoms with E-state index in [0.29, 0.717) is 38.8 Å². The topological polar surface area (TPSA) is 51.1 Å². The Balaban J connectivity index is 1.84. The number of halogens is 2. The number of aliphatic imine (C=N–C) groups is 1. The molecule has 0 unspecified atom stereocenters. The molecule has 1 heterocycles. The summed E-state index contributed by atoms with van der Waals surface area (Å²) in [5.41, 5.74) is 3.39. The Kier molecular flexibility index (Phi) is 6.21. The van der Waals surface area contributed by atoms with Gasteiger partial charge in [-0.15, -0.1) is 0 Å². The van der Waals surface area contributed by atoms with Gasteiger partial charge in [0.25, 0.3) is 5.91 Å². The Morgan fingerprint density at radius 2 is 1.56 bits per heavy atom. The lowest BCUT2D eigenvalue weighted by Gasteiger charge is -2.21. The van der Waals surface area contributed by atoms with Crippen LogP contribution in [0.4, 0.5) is 5.69 Å². The van der Waals surface area contributed by atoms with Crippen LogP contribution in [-0.2, 0) is 4.79 Å². The number of hydrogen-bond acceptors (Lipinski definition) is 4. The smallest absolute Gasteiger partial charge is 0.282 e. The van der Waals surface area contributed by atoms with Crippen LogP contribution < -0.4 is 14.4 Å². The molecule has 0 aliphatic carbocycles. The third-order valence-corrected chi connectivity index (χ3v) is 5.57. The monoisotopic (exact) mass is 466 g/mol. The Morgan fingerprint density at radius 1 is 0.875 bits per heavy atom. The molecule has 0 N–H and O–H groups in total. The molecular formula is C25H20Cl2N2O3. The molecule has 0 radical (unpaired) electrons. The standard InChI is InChI=1S/C25H20Cl2N2O3/c1-15-4-8-19(27)14-21(15)29-24(17-6-9-18(26)10-7-17)28-20(25(29)30)12-16-5-11-22(31-2)23(13-16)32-3/h4-14H,1-3H3/b20-12+. The number of benzene rings is 3. The number of amidine groups is 1. The third-order valence-electron chi connectivity index (χ3n) is 5.09. The Morgan fingerprint density at radius 3 is 2.25 bits per heavy atom. The van der Waals surface area contributed by atoms with E-state index in [-0.39, 0.29) is 5.91 Å². The van der Waals surface area contributed by atoms with E-state index in [9.17, 15) is 4.79 Å². The van der Waals surface area contributed by atoms with Crippen LogP contribution in [0.1, 0.15) is 16.7 Å². The van der Waals surface area contributed by atoms with Crippen molar-refractivity contribution in [2.24, 2.45) is 4.99 Å². The maximum absolute atomic E-state index is 13.5. The zero-order valence-electron chi connectivity index (χ0n) is 17.7. The molecule has 3 aromatic carbocycles. The van der Waals surface area contributed by atoms with Gasteiger partial charge in [0.2, 0.25) is 0 Å². The first kappa shape index (κ1) is 21.9. The highest BCUT2D eigenvalue weighted by atomic mass is 35.5. The highest BCUT2D eigenvalue weighted by Crippen LogP contribution is 2.33. The predicted octanol–water partition coefficient (Wildman–Crippen LogP) is 6.15. The predicted molar refractivity (Wildman–Crippen MR) is 129 cm³/mol. The van der Waals surface area contributed by atoms with Gasteiger partial charge in [-0.05, 0) is 72.7 Å². The van der Waals surface area contributed by atoms with E-state index in [1.54, 1.807) is 61.6 Å². The van der Waals surface area contributed by atoms with Crippen LogP contribution in [0.5, 0.6) is 11.5 Å². The quantitative estimate of drug-likeness (QED) is 0.423. The average Bonchev–Trinajstić information content (AvgIpc) is 3.11. The second-order valence-electron chi connectivity index (χ2n) is 7.16. The summed E-state index contributed by atoms with van der Waals surface area (Å²) < 4.78 is 10.7. The number of nitrogens with zero attached hydrogens (tertiary/aromatic N) is 2. The van der Waals surface area contributed by atoms with Crippen LogP contribution in [0.3, 0.4) is 0 Å². The number of methoxy groups -OCH3 is 2. The molecule has 1 aliphatic heterocycles. The first-order valence-electron chi connectivity index (χ1n) is 9.80. The first-order valence-corrected chi connectivity index (χ1v) is 10.6. The summed E-state index contributed by atoms with van der Waals surface area (Å²) in [7, 11) is 3.14. The lowest BCUT2D eigenvalue weighted by molar-refractivity contribution is -0.113. The van der Waals surface area contributed by atoms with Crippen molar-refractivity contribution < 1.29 is 14.3 Å². The van der Waals surface area contributed by atoms with Gasteiger partial charge in [-0.1, -0.05) is 35.3 Å². The van der Waals surface area contributed by atoms with Gasteiger partial charge in [0.05, 0.1) is 19.9 Å². The van der Waals surface area contributed by atoms with Crippen molar-refractivity contribution in [3.63, 3.8) is 0 Å². The van der Waals surface area contributed by atoms with Crippen molar-refractivity contribution in [2.45, 2.75) is 6.92 Å². The summed E-state index contributed by atoms with van der Waals surface area (Å²) in [6.07, 6.45) is 1.72. The van der Waals surface area contributed by atoms with Crippen LogP contribution in [0, 0.1) is 6.92 Å². The Hall–Kier alpha value is -3.28. The highest BCUT2D eigenvalue weighted by molar-refractivity contribution is 6.35. The van der Waals surface area contributed by atoms with E-state index < -0.39 is 0 Å². The highest BCUT2D eigenvalue weighted by Gasteiger charge is 2.33. The van der Waals surface area contributed by atoms with Crippen molar-refractivity contribution in [2.75, 3.05) is 19.1 Å². The fourth-order valence-electron chi connectivity index (χ4n) is 3.46. The molecule has 7 heteroatoms. The number of ether oxygens (including phenoxy) is 2. The fourth-order valence-corrected chi connectivity index (χ4v) is 3.75. The molecule has 1 amide bonds. The number of rotatable bonds is 5. The molecule has 0 atom stereocenters. The molecule has 0 aromatic heterocycles. The van der Waals surface area contributed by atoms with Gasteiger partial charge >= 0.3 is 0 Å². The normalized spacial score (nSPS) is 14.7. The van der Waals surface area contributed by atoms with E-state index >= 15 is 0 Å². The molecular weight excluding hydrogens is 447 g/mol. The fraction of sp³-hybridized carbons (Fsp3) is 0.120. The second-order valence-corrected chi connectivity index (χ2v) is 8.03. The Labute approximate surface area is 196 Å². The zero-order valence-corrected chi connectivity index (χ0v) is 19.2. The molecule has 0 saturated carbocycles. The molecule has 162 valence electrons. The van der Waals surface area contributed by atoms with Gasteiger partial charge < -0.3 is 9.47 Å². The molecule has 1 aliphatic rings. The Bertz CT molecular complexity index is 1250. The summed E-state index contributed by atoms with van der Waals surface area (Å²) >= 11 is 12.3. The lowest BCUT2D eigenvalue weighted by atomic mass is 10.1. The van der Waals surface area contributed by atoms with E-state index in [2.05, 4.69) is 4.99 Å². The van der Waals surface area contributed by atoms with Crippen molar-refractivity contribution >= 4 is 46.7 Å². The summed E-state index contributed by atoms with van der Waals surface area (Å²) in [4.78, 5) is 19.8. The van der Waals surface area contributed by atoms with Gasteiger partial charge in [0, 0.05) is 15.6 Å². The minimum Gasteiger partial charge on any atom is -0.493 e. The van der Waals surface area contributed by atoms with Gasteiger partial charge in [-0.2, -0.15) is 0 Å². The number of anilines is 1. The van der Waals surface area contributed by atoms with Crippen LogP contribution in [0.15, 0.2) is 71.4 Å². The van der Waals surface area contributed by atoms with Crippen LogP contribution in [0.2, 0.25) is 10.0 Å². The molecule has 5 nitrogen and oxygen atoms in total. The van der Waals surface area contributed by atoms with E-state index in [1.807, 2.05) is 31.2 Å². The molecule has 32 heavy (non-hydrogen) atoms. The van der Waals surface area contributed by atoms with E-state index in [4.69, 9.17) is 32.7 Å². The van der Waals surface area contributed by atoms with Gasteiger partial charge in [-0.3, -0.25) is 9.69 Å². The average molecular weight is 467 g/mol. The lowest BCUT2D eigenvalue weighted by Crippen LogP contribution is -2.33. The molecule has 0 spiro atoms. The van der Waals surface area contributed by atoms with Crippen molar-refractivity contribution in [3.8, 4) is 11.5 Å². The summed E-state index contributed by atoms with van der Waals surface area (Å²) in [5, 5.41) is 1.14. The van der Waals surface area contributed by atoms with Crippen LogP contribution in [-0.4, -0.2) is 26.0 Å². The molecule has 0 saturated heterocycles. The van der Waals surface area contributed by atoms with Crippen molar-refractivity contribution in [3.05, 3.63) is 93.1 Å². The minimum absolute atomic E-state index is 0.255. The van der Waals surface area contributed by atoms with E-state index in [0.717, 1.165) is 16.7 Å². The number of amides is 1. The van der Waals surface area contributed by atoms with Crippen LogP contribution in [0.25, 0.3) is 6.08 Å². The van der Waals surface area contributed by atoms with Gasteiger partial charge in [0.1, 0.15) is 11.5 Å². The number of carbonyl (C=O) groups excluding carboxylic acids is 1. The minimum atomic E-state index is -0.255. The number of aryl methyl sites for hydroxylation is 1. The van der Waals surface area contributed by atoms with Crippen molar-refractivity contribution in [1.82, 2.24) is 0 Å². The number of hydrogen-bond donors (Lipinski definition) is 0.